The number of aryl methyl sites for hydroxylation is 1. The van der Waals surface area contributed by atoms with Crippen molar-refractivity contribution in [3.8, 4) is 0 Å². The van der Waals surface area contributed by atoms with Gasteiger partial charge in [-0.15, -0.1) is 0 Å². The Balaban J connectivity index is 2.69. The van der Waals surface area contributed by atoms with E-state index in [1.807, 2.05) is 0 Å². The molecule has 0 aromatic heterocycles. The van der Waals surface area contributed by atoms with Crippen LogP contribution in [0.4, 0.5) is 22.0 Å². The van der Waals surface area contributed by atoms with Crippen molar-refractivity contribution in [2.24, 2.45) is 0 Å². The van der Waals surface area contributed by atoms with Crippen LogP contribution in [-0.4, -0.2) is 7.05 Å². The van der Waals surface area contributed by atoms with E-state index >= 15 is 0 Å². The highest BCUT2D eigenvalue weighted by molar-refractivity contribution is 5.38. The van der Waals surface area contributed by atoms with Crippen molar-refractivity contribution in [1.82, 2.24) is 5.32 Å². The third kappa shape index (κ3) is 2.76. The first-order chi connectivity index (χ1) is 9.86. The SMILES string of the molecule is CNC(c1c(F)cc(F)cc1F)c1c(F)ccc(C)c1F. The van der Waals surface area contributed by atoms with E-state index in [4.69, 9.17) is 0 Å². The third-order valence-electron chi connectivity index (χ3n) is 3.23. The van der Waals surface area contributed by atoms with Gasteiger partial charge in [-0.1, -0.05) is 6.07 Å². The number of benzene rings is 2. The summed E-state index contributed by atoms with van der Waals surface area (Å²) < 4.78 is 68.6. The number of hydrogen-bond donors (Lipinski definition) is 1. The molecular formula is C15H12F5N. The molecule has 0 radical (unpaired) electrons. The molecule has 1 unspecified atom stereocenters. The minimum atomic E-state index is -1.41. The Kier molecular flexibility index (Phi) is 4.27. The predicted molar refractivity (Wildman–Crippen MR) is 68.3 cm³/mol. The average molecular weight is 301 g/mol. The molecule has 0 aliphatic carbocycles. The Bertz CT molecular complexity index is 661. The summed E-state index contributed by atoms with van der Waals surface area (Å²) in [4.78, 5) is 0. The number of nitrogens with one attached hydrogen (secondary N) is 1. The maximum Gasteiger partial charge on any atom is 0.134 e. The zero-order valence-corrected chi connectivity index (χ0v) is 11.3. The summed E-state index contributed by atoms with van der Waals surface area (Å²) in [5.41, 5.74) is -1.02. The van der Waals surface area contributed by atoms with Gasteiger partial charge in [0.2, 0.25) is 0 Å². The fourth-order valence-corrected chi connectivity index (χ4v) is 2.21. The monoisotopic (exact) mass is 301 g/mol. The number of rotatable bonds is 3. The molecule has 21 heavy (non-hydrogen) atoms. The highest BCUT2D eigenvalue weighted by Gasteiger charge is 2.27. The van der Waals surface area contributed by atoms with Gasteiger partial charge in [0.1, 0.15) is 29.1 Å². The second-order valence-corrected chi connectivity index (χ2v) is 4.60. The minimum Gasteiger partial charge on any atom is -0.309 e. The van der Waals surface area contributed by atoms with Gasteiger partial charge in [0.05, 0.1) is 6.04 Å². The van der Waals surface area contributed by atoms with Gasteiger partial charge in [-0.3, -0.25) is 0 Å². The summed E-state index contributed by atoms with van der Waals surface area (Å²) in [5.74, 6) is -5.38. The summed E-state index contributed by atoms with van der Waals surface area (Å²) in [6, 6.07) is 1.75. The Morgan fingerprint density at radius 1 is 0.857 bits per heavy atom. The van der Waals surface area contributed by atoms with E-state index in [0.717, 1.165) is 6.07 Å². The quantitative estimate of drug-likeness (QED) is 0.845. The summed E-state index contributed by atoms with van der Waals surface area (Å²) in [6.45, 7) is 1.41. The second-order valence-electron chi connectivity index (χ2n) is 4.60. The van der Waals surface area contributed by atoms with E-state index in [-0.39, 0.29) is 5.56 Å². The molecule has 0 saturated heterocycles. The maximum absolute atomic E-state index is 14.1. The molecule has 0 bridgehead atoms. The lowest BCUT2D eigenvalue weighted by atomic mass is 9.95. The van der Waals surface area contributed by atoms with Crippen molar-refractivity contribution in [3.05, 3.63) is 70.0 Å². The van der Waals surface area contributed by atoms with E-state index in [1.165, 1.54) is 20.0 Å². The van der Waals surface area contributed by atoms with Gasteiger partial charge in [-0.05, 0) is 25.6 Å². The van der Waals surface area contributed by atoms with Crippen LogP contribution in [0.3, 0.4) is 0 Å². The summed E-state index contributed by atoms with van der Waals surface area (Å²) in [6.07, 6.45) is 0. The van der Waals surface area contributed by atoms with Crippen LogP contribution in [0.1, 0.15) is 22.7 Å². The van der Waals surface area contributed by atoms with E-state index in [0.29, 0.717) is 12.1 Å². The third-order valence-corrected chi connectivity index (χ3v) is 3.23. The molecule has 0 aliphatic rings. The molecule has 0 fully saturated rings. The predicted octanol–water partition coefficient (Wildman–Crippen LogP) is 4.00. The molecule has 2 aromatic rings. The molecule has 6 heteroatoms. The topological polar surface area (TPSA) is 12.0 Å². The Morgan fingerprint density at radius 2 is 1.43 bits per heavy atom. The van der Waals surface area contributed by atoms with Crippen molar-refractivity contribution >= 4 is 0 Å². The fourth-order valence-electron chi connectivity index (χ4n) is 2.21. The molecule has 0 saturated carbocycles. The average Bonchev–Trinajstić information content (AvgIpc) is 2.40. The molecule has 0 amide bonds. The van der Waals surface area contributed by atoms with Crippen LogP contribution >= 0.6 is 0 Å². The Hall–Kier alpha value is -1.95. The molecule has 0 aliphatic heterocycles. The highest BCUT2D eigenvalue weighted by atomic mass is 19.2. The van der Waals surface area contributed by atoms with Gasteiger partial charge >= 0.3 is 0 Å². The normalized spacial score (nSPS) is 12.5. The van der Waals surface area contributed by atoms with Crippen molar-refractivity contribution in [2.75, 3.05) is 7.05 Å². The van der Waals surface area contributed by atoms with Crippen LogP contribution in [0.5, 0.6) is 0 Å². The zero-order valence-electron chi connectivity index (χ0n) is 11.3. The van der Waals surface area contributed by atoms with E-state index in [2.05, 4.69) is 5.32 Å². The van der Waals surface area contributed by atoms with E-state index < -0.39 is 46.3 Å². The van der Waals surface area contributed by atoms with E-state index in [9.17, 15) is 22.0 Å². The highest BCUT2D eigenvalue weighted by Crippen LogP contribution is 2.31. The van der Waals surface area contributed by atoms with Crippen LogP contribution in [0.15, 0.2) is 24.3 Å². The van der Waals surface area contributed by atoms with Crippen molar-refractivity contribution < 1.29 is 22.0 Å². The van der Waals surface area contributed by atoms with Crippen LogP contribution < -0.4 is 5.32 Å². The van der Waals surface area contributed by atoms with Crippen LogP contribution in [0.25, 0.3) is 0 Å². The van der Waals surface area contributed by atoms with E-state index in [1.54, 1.807) is 0 Å². The van der Waals surface area contributed by atoms with Crippen molar-refractivity contribution in [1.29, 1.82) is 0 Å². The fraction of sp³-hybridized carbons (Fsp3) is 0.200. The smallest absolute Gasteiger partial charge is 0.134 e. The second kappa shape index (κ2) is 5.81. The van der Waals surface area contributed by atoms with Crippen LogP contribution in [-0.2, 0) is 0 Å². The van der Waals surface area contributed by atoms with Crippen molar-refractivity contribution in [3.63, 3.8) is 0 Å². The maximum atomic E-state index is 14.1. The van der Waals surface area contributed by atoms with Gasteiger partial charge in [-0.25, -0.2) is 22.0 Å². The standard InChI is InChI=1S/C15H12F5N/c1-7-3-4-9(17)13(14(7)20)15(21-2)12-10(18)5-8(16)6-11(12)19/h3-6,15,21H,1-2H3. The van der Waals surface area contributed by atoms with Crippen LogP contribution in [0, 0.1) is 36.0 Å². The van der Waals surface area contributed by atoms with Gasteiger partial charge in [0.25, 0.3) is 0 Å². The molecule has 1 atom stereocenters. The largest absolute Gasteiger partial charge is 0.309 e. The number of hydrogen-bond acceptors (Lipinski definition) is 1. The molecule has 0 heterocycles. The molecule has 2 aromatic carbocycles. The summed E-state index contributed by atoms with van der Waals surface area (Å²) >= 11 is 0. The number of halogens is 5. The zero-order chi connectivity index (χ0) is 15.7. The molecule has 112 valence electrons. The van der Waals surface area contributed by atoms with Crippen molar-refractivity contribution in [2.45, 2.75) is 13.0 Å². The minimum absolute atomic E-state index is 0.134. The first-order valence-electron chi connectivity index (χ1n) is 6.13. The lowest BCUT2D eigenvalue weighted by Crippen LogP contribution is -2.23. The van der Waals surface area contributed by atoms with Gasteiger partial charge in [0, 0.05) is 23.3 Å². The van der Waals surface area contributed by atoms with Gasteiger partial charge < -0.3 is 5.32 Å². The first-order valence-corrected chi connectivity index (χ1v) is 6.13. The molecule has 2 rings (SSSR count). The summed E-state index contributed by atoms with van der Waals surface area (Å²) in [5, 5.41) is 2.46. The van der Waals surface area contributed by atoms with Gasteiger partial charge in [0.15, 0.2) is 0 Å². The van der Waals surface area contributed by atoms with Gasteiger partial charge in [-0.2, -0.15) is 0 Å². The Morgan fingerprint density at radius 3 is 1.95 bits per heavy atom. The lowest BCUT2D eigenvalue weighted by molar-refractivity contribution is 0.473. The Labute approximate surface area is 118 Å². The molecule has 1 N–H and O–H groups in total. The molecular weight excluding hydrogens is 289 g/mol. The first kappa shape index (κ1) is 15.4. The van der Waals surface area contributed by atoms with Crippen LogP contribution in [0.2, 0.25) is 0 Å². The molecule has 0 spiro atoms. The lowest BCUT2D eigenvalue weighted by Gasteiger charge is -2.20. The summed E-state index contributed by atoms with van der Waals surface area (Å²) in [7, 11) is 1.30. The molecule has 1 nitrogen and oxygen atoms in total.